The van der Waals surface area contributed by atoms with E-state index in [1.54, 1.807) is 4.72 Å². The SMILES string of the molecule is COc1ccc(NS(=N)(=O)c2c(F)c(F)c(F)c(F)c2F)cc1F. The lowest BCUT2D eigenvalue weighted by Gasteiger charge is -2.14. The van der Waals surface area contributed by atoms with Crippen LogP contribution in [0.15, 0.2) is 23.1 Å². The van der Waals surface area contributed by atoms with Crippen LogP contribution in [0, 0.1) is 39.7 Å². The number of ether oxygens (including phenoxy) is 1. The van der Waals surface area contributed by atoms with Crippen LogP contribution in [-0.2, 0) is 9.92 Å². The average molecular weight is 370 g/mol. The Labute approximate surface area is 132 Å². The van der Waals surface area contributed by atoms with E-state index >= 15 is 0 Å². The van der Waals surface area contributed by atoms with Crippen LogP contribution in [-0.4, -0.2) is 11.3 Å². The largest absolute Gasteiger partial charge is 0.494 e. The van der Waals surface area contributed by atoms with Crippen LogP contribution in [0.2, 0.25) is 0 Å². The van der Waals surface area contributed by atoms with Crippen molar-refractivity contribution in [3.63, 3.8) is 0 Å². The Hall–Kier alpha value is -2.43. The zero-order valence-electron chi connectivity index (χ0n) is 11.7. The Morgan fingerprint density at radius 1 is 0.958 bits per heavy atom. The Balaban J connectivity index is 2.55. The molecule has 0 saturated heterocycles. The molecule has 0 aliphatic heterocycles. The molecule has 0 spiro atoms. The second-order valence-electron chi connectivity index (χ2n) is 4.41. The van der Waals surface area contributed by atoms with Crippen molar-refractivity contribution in [3.8, 4) is 5.75 Å². The van der Waals surface area contributed by atoms with Crippen LogP contribution >= 0.6 is 0 Å². The van der Waals surface area contributed by atoms with Crippen molar-refractivity contribution in [1.29, 1.82) is 4.78 Å². The molecule has 0 amide bonds. The van der Waals surface area contributed by atoms with Crippen molar-refractivity contribution in [2.45, 2.75) is 4.90 Å². The number of rotatable bonds is 4. The molecule has 1 atom stereocenters. The van der Waals surface area contributed by atoms with Gasteiger partial charge < -0.3 is 4.74 Å². The zero-order chi connectivity index (χ0) is 18.2. The minimum Gasteiger partial charge on any atom is -0.494 e. The van der Waals surface area contributed by atoms with E-state index in [9.17, 15) is 30.6 Å². The Bertz CT molecular complexity index is 888. The minimum absolute atomic E-state index is 0.215. The molecular formula is C13H8F6N2O2S. The third-order valence-electron chi connectivity index (χ3n) is 2.87. The number of benzene rings is 2. The molecule has 0 aliphatic carbocycles. The molecule has 2 N–H and O–H groups in total. The lowest BCUT2D eigenvalue weighted by Crippen LogP contribution is -2.18. The van der Waals surface area contributed by atoms with Crippen LogP contribution < -0.4 is 9.46 Å². The molecule has 130 valence electrons. The van der Waals surface area contributed by atoms with Gasteiger partial charge in [-0.1, -0.05) is 0 Å². The van der Waals surface area contributed by atoms with E-state index in [2.05, 4.69) is 4.74 Å². The van der Waals surface area contributed by atoms with Crippen LogP contribution in [0.4, 0.5) is 32.0 Å². The standard InChI is InChI=1S/C13H8F6N2O2S/c1-23-7-3-2-5(4-6(7)14)21-24(20,22)13-11(18)9(16)8(15)10(17)12(13)19/h2-4H,1H3,(H2,20,21,22). The molecule has 0 aliphatic rings. The van der Waals surface area contributed by atoms with Gasteiger partial charge in [0.15, 0.2) is 44.8 Å². The Morgan fingerprint density at radius 3 is 1.92 bits per heavy atom. The number of halogens is 6. The predicted octanol–water partition coefficient (Wildman–Crippen LogP) is 3.96. The first-order valence-corrected chi connectivity index (χ1v) is 7.57. The van der Waals surface area contributed by atoms with Gasteiger partial charge in [-0.25, -0.2) is 35.3 Å². The predicted molar refractivity (Wildman–Crippen MR) is 71.9 cm³/mol. The summed E-state index contributed by atoms with van der Waals surface area (Å²) in [6.07, 6.45) is 0. The number of hydrogen-bond acceptors (Lipinski definition) is 3. The summed E-state index contributed by atoms with van der Waals surface area (Å²) in [4.78, 5) is -1.85. The molecule has 1 unspecified atom stereocenters. The van der Waals surface area contributed by atoms with Gasteiger partial charge in [-0.05, 0) is 12.1 Å². The van der Waals surface area contributed by atoms with Gasteiger partial charge in [0.05, 0.1) is 12.8 Å². The van der Waals surface area contributed by atoms with Gasteiger partial charge in [0.1, 0.15) is 4.90 Å². The summed E-state index contributed by atoms with van der Waals surface area (Å²) < 4.78 is 106. The second-order valence-corrected chi connectivity index (χ2v) is 6.13. The summed E-state index contributed by atoms with van der Waals surface area (Å²) in [6, 6.07) is 2.77. The molecule has 24 heavy (non-hydrogen) atoms. The number of nitrogens with one attached hydrogen (secondary N) is 2. The highest BCUT2D eigenvalue weighted by Gasteiger charge is 2.31. The van der Waals surface area contributed by atoms with Gasteiger partial charge in [-0.15, -0.1) is 0 Å². The maximum Gasteiger partial charge on any atom is 0.200 e. The van der Waals surface area contributed by atoms with E-state index in [1.807, 2.05) is 0 Å². The lowest BCUT2D eigenvalue weighted by molar-refractivity contribution is 0.359. The number of anilines is 1. The Morgan fingerprint density at radius 2 is 1.46 bits per heavy atom. The fraction of sp³-hybridized carbons (Fsp3) is 0.0769. The number of methoxy groups -OCH3 is 1. The first-order valence-electron chi connectivity index (χ1n) is 6.01. The van der Waals surface area contributed by atoms with E-state index in [4.69, 9.17) is 4.78 Å². The quantitative estimate of drug-likeness (QED) is 0.486. The van der Waals surface area contributed by atoms with Gasteiger partial charge >= 0.3 is 0 Å². The first kappa shape index (κ1) is 17.9. The van der Waals surface area contributed by atoms with Gasteiger partial charge in [-0.3, -0.25) is 4.72 Å². The van der Waals surface area contributed by atoms with Crippen molar-refractivity contribution < 1.29 is 35.3 Å². The highest BCUT2D eigenvalue weighted by atomic mass is 32.2. The first-order chi connectivity index (χ1) is 11.1. The van der Waals surface area contributed by atoms with Crippen LogP contribution in [0.25, 0.3) is 0 Å². The highest BCUT2D eigenvalue weighted by Crippen LogP contribution is 2.29. The minimum atomic E-state index is -4.73. The normalized spacial score (nSPS) is 13.5. The van der Waals surface area contributed by atoms with E-state index in [-0.39, 0.29) is 5.75 Å². The molecule has 2 aromatic carbocycles. The molecule has 0 radical (unpaired) electrons. The van der Waals surface area contributed by atoms with E-state index in [1.165, 1.54) is 0 Å². The molecule has 2 aromatic rings. The van der Waals surface area contributed by atoms with Gasteiger partial charge in [0.2, 0.25) is 5.82 Å². The van der Waals surface area contributed by atoms with Gasteiger partial charge in [-0.2, -0.15) is 0 Å². The second kappa shape index (κ2) is 6.23. The molecular weight excluding hydrogens is 362 g/mol. The lowest BCUT2D eigenvalue weighted by atomic mass is 10.3. The molecule has 0 aromatic heterocycles. The molecule has 0 saturated carbocycles. The van der Waals surface area contributed by atoms with Crippen molar-refractivity contribution in [1.82, 2.24) is 0 Å². The monoisotopic (exact) mass is 370 g/mol. The highest BCUT2D eigenvalue weighted by molar-refractivity contribution is 7.93. The molecule has 0 fully saturated rings. The topological polar surface area (TPSA) is 62.2 Å². The third kappa shape index (κ3) is 2.98. The van der Waals surface area contributed by atoms with Crippen molar-refractivity contribution in [2.75, 3.05) is 11.8 Å². The van der Waals surface area contributed by atoms with E-state index in [0.29, 0.717) is 6.07 Å². The summed E-state index contributed by atoms with van der Waals surface area (Å²) in [7, 11) is -3.57. The third-order valence-corrected chi connectivity index (χ3v) is 4.33. The summed E-state index contributed by atoms with van der Waals surface area (Å²) in [5.41, 5.74) is -0.391. The number of hydrogen-bond donors (Lipinski definition) is 2. The van der Waals surface area contributed by atoms with Gasteiger partial charge in [0, 0.05) is 6.07 Å². The fourth-order valence-electron chi connectivity index (χ4n) is 1.78. The van der Waals surface area contributed by atoms with E-state index in [0.717, 1.165) is 19.2 Å². The summed E-state index contributed by atoms with van der Waals surface area (Å²) >= 11 is 0. The van der Waals surface area contributed by atoms with Crippen molar-refractivity contribution >= 4 is 15.6 Å². The molecule has 11 heteroatoms. The maximum absolute atomic E-state index is 13.6. The van der Waals surface area contributed by atoms with Crippen molar-refractivity contribution in [2.24, 2.45) is 0 Å². The van der Waals surface area contributed by atoms with Gasteiger partial charge in [0.25, 0.3) is 0 Å². The Kier molecular flexibility index (Phi) is 4.65. The molecule has 4 nitrogen and oxygen atoms in total. The fourth-order valence-corrected chi connectivity index (χ4v) is 3.03. The summed E-state index contributed by atoms with van der Waals surface area (Å²) in [6.45, 7) is 0. The summed E-state index contributed by atoms with van der Waals surface area (Å²) in [5, 5.41) is 0. The molecule has 0 bridgehead atoms. The summed E-state index contributed by atoms with van der Waals surface area (Å²) in [5.74, 6) is -13.1. The van der Waals surface area contributed by atoms with Crippen molar-refractivity contribution in [3.05, 3.63) is 53.1 Å². The van der Waals surface area contributed by atoms with E-state index < -0.39 is 55.4 Å². The molecule has 2 rings (SSSR count). The zero-order valence-corrected chi connectivity index (χ0v) is 12.5. The van der Waals surface area contributed by atoms with Crippen LogP contribution in [0.1, 0.15) is 0 Å². The smallest absolute Gasteiger partial charge is 0.200 e. The average Bonchev–Trinajstić information content (AvgIpc) is 2.50. The maximum atomic E-state index is 13.6. The molecule has 0 heterocycles. The van der Waals surface area contributed by atoms with Crippen LogP contribution in [0.3, 0.4) is 0 Å². The van der Waals surface area contributed by atoms with Crippen LogP contribution in [0.5, 0.6) is 5.75 Å².